The van der Waals surface area contributed by atoms with E-state index in [1.165, 1.54) is 0 Å². The summed E-state index contributed by atoms with van der Waals surface area (Å²) in [6.07, 6.45) is 2.02. The van der Waals surface area contributed by atoms with Gasteiger partial charge in [-0.25, -0.2) is 0 Å². The smallest absolute Gasteiger partial charge is 0.244 e. The average Bonchev–Trinajstić information content (AvgIpc) is 3.05. The highest BCUT2D eigenvalue weighted by molar-refractivity contribution is 5.76. The molecule has 0 aliphatic carbocycles. The van der Waals surface area contributed by atoms with Gasteiger partial charge in [-0.1, -0.05) is 12.1 Å². The molecule has 0 unspecified atom stereocenters. The van der Waals surface area contributed by atoms with Gasteiger partial charge in [0.2, 0.25) is 5.91 Å². The number of carbonyl (C=O) groups excluding carboxylic acids is 1. The zero-order chi connectivity index (χ0) is 22.8. The molecule has 3 aromatic rings. The second kappa shape index (κ2) is 9.15. The molecule has 0 bridgehead atoms. The first-order valence-electron chi connectivity index (χ1n) is 11.3. The van der Waals surface area contributed by atoms with Crippen LogP contribution in [-0.2, 0) is 11.3 Å². The first kappa shape index (κ1) is 22.1. The third-order valence-electron chi connectivity index (χ3n) is 6.60. The molecule has 32 heavy (non-hydrogen) atoms. The van der Waals surface area contributed by atoms with Crippen LogP contribution >= 0.6 is 0 Å². The highest BCUT2D eigenvalue weighted by Gasteiger charge is 2.27. The van der Waals surface area contributed by atoms with Gasteiger partial charge in [0.25, 0.3) is 0 Å². The second-order valence-corrected chi connectivity index (χ2v) is 8.79. The highest BCUT2D eigenvalue weighted by Crippen LogP contribution is 2.31. The van der Waals surface area contributed by atoms with Gasteiger partial charge in [0.15, 0.2) is 0 Å². The Morgan fingerprint density at radius 3 is 2.66 bits per heavy atom. The minimum atomic E-state index is 0.126. The fourth-order valence-electron chi connectivity index (χ4n) is 4.49. The third kappa shape index (κ3) is 4.54. The largest absolute Gasteiger partial charge is 0.497 e. The van der Waals surface area contributed by atoms with Gasteiger partial charge < -0.3 is 9.64 Å². The molecule has 0 N–H and O–H groups in total. The van der Waals surface area contributed by atoms with E-state index in [9.17, 15) is 4.79 Å². The van der Waals surface area contributed by atoms with Gasteiger partial charge in [-0.2, -0.15) is 5.10 Å². The van der Waals surface area contributed by atoms with Gasteiger partial charge in [-0.3, -0.25) is 14.5 Å². The Kier molecular flexibility index (Phi) is 6.31. The molecular formula is C26H32N4O2. The lowest BCUT2D eigenvalue weighted by Gasteiger charge is -2.33. The predicted molar refractivity (Wildman–Crippen MR) is 126 cm³/mol. The number of aryl methyl sites for hydroxylation is 2. The van der Waals surface area contributed by atoms with Crippen molar-refractivity contribution in [2.24, 2.45) is 0 Å². The number of likely N-dealkylation sites (tertiary alicyclic amines) is 1. The molecule has 1 amide bonds. The molecule has 1 atom stereocenters. The van der Waals surface area contributed by atoms with Crippen molar-refractivity contribution in [1.29, 1.82) is 0 Å². The fraction of sp³-hybridized carbons (Fsp3) is 0.423. The van der Waals surface area contributed by atoms with Crippen LogP contribution in [-0.4, -0.2) is 45.8 Å². The maximum atomic E-state index is 13.1. The molecule has 1 fully saturated rings. The van der Waals surface area contributed by atoms with Crippen LogP contribution in [0.3, 0.4) is 0 Å². The molecule has 0 radical (unpaired) electrons. The van der Waals surface area contributed by atoms with Crippen LogP contribution in [0, 0.1) is 27.7 Å². The first-order valence-corrected chi connectivity index (χ1v) is 11.3. The normalized spacial score (nSPS) is 16.3. The number of nitrogens with zero attached hydrogens (tertiary/aromatic N) is 4. The van der Waals surface area contributed by atoms with Gasteiger partial charge >= 0.3 is 0 Å². The van der Waals surface area contributed by atoms with Crippen molar-refractivity contribution in [3.63, 3.8) is 0 Å². The van der Waals surface area contributed by atoms with Crippen LogP contribution in [0.2, 0.25) is 0 Å². The van der Waals surface area contributed by atoms with E-state index >= 15 is 0 Å². The fourth-order valence-corrected chi connectivity index (χ4v) is 4.49. The van der Waals surface area contributed by atoms with Crippen molar-refractivity contribution in [2.75, 3.05) is 20.2 Å². The molecule has 1 saturated heterocycles. The van der Waals surface area contributed by atoms with Crippen LogP contribution in [0.15, 0.2) is 36.4 Å². The third-order valence-corrected chi connectivity index (χ3v) is 6.60. The summed E-state index contributed by atoms with van der Waals surface area (Å²) in [6.45, 7) is 9.89. The molecule has 3 heterocycles. The number of carbonyl (C=O) groups is 1. The van der Waals surface area contributed by atoms with Gasteiger partial charge in [0.05, 0.1) is 12.8 Å². The van der Waals surface area contributed by atoms with Crippen LogP contribution in [0.1, 0.15) is 47.1 Å². The minimum Gasteiger partial charge on any atom is -0.497 e. The number of hydrogen-bond donors (Lipinski definition) is 0. The summed E-state index contributed by atoms with van der Waals surface area (Å²) in [7, 11) is 1.68. The van der Waals surface area contributed by atoms with E-state index in [1.807, 2.05) is 48.6 Å². The number of methoxy groups -OCH3 is 1. The molecule has 0 saturated carbocycles. The Morgan fingerprint density at radius 2 is 1.94 bits per heavy atom. The highest BCUT2D eigenvalue weighted by atomic mass is 16.5. The second-order valence-electron chi connectivity index (χ2n) is 8.79. The molecule has 6 nitrogen and oxygen atoms in total. The molecule has 2 aromatic heterocycles. The van der Waals surface area contributed by atoms with Gasteiger partial charge in [-0.15, -0.1) is 0 Å². The van der Waals surface area contributed by atoms with Crippen LogP contribution in [0.25, 0.3) is 11.1 Å². The monoisotopic (exact) mass is 432 g/mol. The van der Waals surface area contributed by atoms with Gasteiger partial charge in [-0.05, 0) is 81.5 Å². The van der Waals surface area contributed by atoms with Crippen molar-refractivity contribution in [1.82, 2.24) is 19.7 Å². The molecule has 0 spiro atoms. The summed E-state index contributed by atoms with van der Waals surface area (Å²) < 4.78 is 7.23. The number of hydrogen-bond acceptors (Lipinski definition) is 4. The lowest BCUT2D eigenvalue weighted by atomic mass is 9.92. The maximum absolute atomic E-state index is 13.1. The summed E-state index contributed by atoms with van der Waals surface area (Å²) in [4.78, 5) is 19.9. The topological polar surface area (TPSA) is 60.2 Å². The molecule has 1 aliphatic heterocycles. The lowest BCUT2D eigenvalue weighted by molar-refractivity contribution is -0.133. The maximum Gasteiger partial charge on any atom is 0.244 e. The van der Waals surface area contributed by atoms with Crippen molar-refractivity contribution in [3.05, 3.63) is 64.7 Å². The van der Waals surface area contributed by atoms with Gasteiger partial charge in [0.1, 0.15) is 12.3 Å². The lowest BCUT2D eigenvalue weighted by Crippen LogP contribution is -2.41. The molecule has 1 aromatic carbocycles. The van der Waals surface area contributed by atoms with E-state index in [-0.39, 0.29) is 11.8 Å². The minimum absolute atomic E-state index is 0.126. The number of benzene rings is 1. The van der Waals surface area contributed by atoms with Crippen LogP contribution < -0.4 is 4.74 Å². The Morgan fingerprint density at radius 1 is 1.12 bits per heavy atom. The van der Waals surface area contributed by atoms with E-state index in [0.29, 0.717) is 13.1 Å². The summed E-state index contributed by atoms with van der Waals surface area (Å²) in [5.74, 6) is 1.20. The number of pyridine rings is 1. The number of aromatic nitrogens is 3. The van der Waals surface area contributed by atoms with Crippen molar-refractivity contribution in [3.8, 4) is 16.9 Å². The average molecular weight is 433 g/mol. The van der Waals surface area contributed by atoms with Crippen molar-refractivity contribution < 1.29 is 9.53 Å². The Hall–Kier alpha value is -3.15. The molecule has 1 aliphatic rings. The van der Waals surface area contributed by atoms with E-state index in [2.05, 4.69) is 30.2 Å². The van der Waals surface area contributed by atoms with Gasteiger partial charge in [0, 0.05) is 36.1 Å². The van der Waals surface area contributed by atoms with Crippen LogP contribution in [0.4, 0.5) is 0 Å². The molecular weight excluding hydrogens is 400 g/mol. The summed E-state index contributed by atoms with van der Waals surface area (Å²) in [6, 6.07) is 12.4. The van der Waals surface area contributed by atoms with E-state index < -0.39 is 0 Å². The Bertz CT molecular complexity index is 1130. The SMILES string of the molecule is COc1cccc(-c2cc(C)nc([C@@H]3CCCN(C(=O)Cn4nc(C)c(C)c4C)C3)c2)c1. The molecule has 6 heteroatoms. The van der Waals surface area contributed by atoms with Crippen molar-refractivity contribution >= 4 is 5.91 Å². The number of amides is 1. The number of piperidine rings is 1. The number of rotatable bonds is 5. The molecule has 168 valence electrons. The zero-order valence-corrected chi connectivity index (χ0v) is 19.7. The van der Waals surface area contributed by atoms with Crippen molar-refractivity contribution in [2.45, 2.75) is 53.0 Å². The quantitative estimate of drug-likeness (QED) is 0.591. The zero-order valence-electron chi connectivity index (χ0n) is 19.7. The van der Waals surface area contributed by atoms with E-state index in [0.717, 1.165) is 64.6 Å². The predicted octanol–water partition coefficient (Wildman–Crippen LogP) is 4.59. The number of ether oxygens (including phenoxy) is 1. The molecule has 4 rings (SSSR count). The summed E-state index contributed by atoms with van der Waals surface area (Å²) in [5, 5.41) is 4.54. The van der Waals surface area contributed by atoms with Crippen LogP contribution in [0.5, 0.6) is 5.75 Å². The first-order chi connectivity index (χ1) is 15.4. The van der Waals surface area contributed by atoms with E-state index in [4.69, 9.17) is 9.72 Å². The van der Waals surface area contributed by atoms with E-state index in [1.54, 1.807) is 7.11 Å². The Balaban J connectivity index is 1.53. The summed E-state index contributed by atoms with van der Waals surface area (Å²) >= 11 is 0. The summed E-state index contributed by atoms with van der Waals surface area (Å²) in [5.41, 5.74) is 7.49. The Labute approximate surface area is 190 Å². The standard InChI is InChI=1S/C26H32N4O2/c1-17-12-23(21-8-6-10-24(13-21)32-5)14-25(27-17)22-9-7-11-29(15-22)26(31)16-30-20(4)18(2)19(3)28-30/h6,8,10,12-14,22H,7,9,11,15-16H2,1-5H3/t22-/m1/s1.